The molecule has 1 aliphatic rings. The Morgan fingerprint density at radius 1 is 1.71 bits per heavy atom. The van der Waals surface area contributed by atoms with Gasteiger partial charge in [0.1, 0.15) is 4.88 Å². The lowest BCUT2D eigenvalue weighted by atomic mass is 10.2. The maximum Gasteiger partial charge on any atom is 0.267 e. The van der Waals surface area contributed by atoms with Crippen molar-refractivity contribution in [3.8, 4) is 0 Å². The van der Waals surface area contributed by atoms with E-state index in [2.05, 4.69) is 9.59 Å². The third kappa shape index (κ3) is 2.62. The number of hydrogen-bond acceptors (Lipinski definition) is 6. The number of carbonyl (C=O) groups is 1. The number of rotatable bonds is 3. The molecular weight excluding hydrogens is 240 g/mol. The highest BCUT2D eigenvalue weighted by Gasteiger charge is 2.27. The molecule has 0 saturated carbocycles. The number of aryl methyl sites for hydroxylation is 1. The van der Waals surface area contributed by atoms with Crippen molar-refractivity contribution < 1.29 is 9.53 Å². The van der Waals surface area contributed by atoms with E-state index in [1.165, 1.54) is 0 Å². The molecule has 2 heterocycles. The first-order valence-electron chi connectivity index (χ1n) is 5.68. The van der Waals surface area contributed by atoms with Gasteiger partial charge >= 0.3 is 0 Å². The van der Waals surface area contributed by atoms with Gasteiger partial charge in [0.2, 0.25) is 0 Å². The Kier molecular flexibility index (Phi) is 4.03. The van der Waals surface area contributed by atoms with Crippen LogP contribution in [0.15, 0.2) is 0 Å². The second-order valence-corrected chi connectivity index (χ2v) is 4.64. The molecular formula is C10H16N4O2S. The first kappa shape index (κ1) is 12.4. The highest BCUT2D eigenvalue weighted by Crippen LogP contribution is 2.16. The average molecular weight is 256 g/mol. The van der Waals surface area contributed by atoms with Gasteiger partial charge in [-0.3, -0.25) is 4.79 Å². The van der Waals surface area contributed by atoms with Gasteiger partial charge < -0.3 is 15.4 Å². The van der Waals surface area contributed by atoms with Gasteiger partial charge in [0, 0.05) is 19.6 Å². The van der Waals surface area contributed by atoms with E-state index in [1.54, 1.807) is 4.90 Å². The Balaban J connectivity index is 2.09. The molecule has 0 bridgehead atoms. The number of hydrogen-bond donors (Lipinski definition) is 1. The third-order valence-electron chi connectivity index (χ3n) is 2.77. The fourth-order valence-electron chi connectivity index (χ4n) is 1.79. The Bertz CT molecular complexity index is 395. The molecule has 1 aromatic heterocycles. The summed E-state index contributed by atoms with van der Waals surface area (Å²) < 4.78 is 9.27. The van der Waals surface area contributed by atoms with E-state index >= 15 is 0 Å². The molecule has 1 fully saturated rings. The number of amides is 1. The van der Waals surface area contributed by atoms with Crippen molar-refractivity contribution >= 4 is 17.4 Å². The zero-order chi connectivity index (χ0) is 12.3. The lowest BCUT2D eigenvalue weighted by molar-refractivity contribution is -0.0166. The second-order valence-electron chi connectivity index (χ2n) is 3.88. The van der Waals surface area contributed by atoms with Crippen LogP contribution in [-0.2, 0) is 11.2 Å². The average Bonchev–Trinajstić information content (AvgIpc) is 2.86. The number of morpholine rings is 1. The van der Waals surface area contributed by atoms with Gasteiger partial charge in [0.25, 0.3) is 5.91 Å². The smallest absolute Gasteiger partial charge is 0.267 e. The summed E-state index contributed by atoms with van der Waals surface area (Å²) in [4.78, 5) is 14.7. The Morgan fingerprint density at radius 2 is 2.53 bits per heavy atom. The van der Waals surface area contributed by atoms with Crippen LogP contribution in [0.25, 0.3) is 0 Å². The van der Waals surface area contributed by atoms with E-state index in [0.29, 0.717) is 31.1 Å². The van der Waals surface area contributed by atoms with Crippen molar-refractivity contribution in [1.82, 2.24) is 14.5 Å². The van der Waals surface area contributed by atoms with Crippen LogP contribution >= 0.6 is 11.5 Å². The van der Waals surface area contributed by atoms with Gasteiger partial charge in [-0.05, 0) is 18.0 Å². The van der Waals surface area contributed by atoms with Gasteiger partial charge in [-0.2, -0.15) is 0 Å². The summed E-state index contributed by atoms with van der Waals surface area (Å²) >= 11 is 1.16. The minimum Gasteiger partial charge on any atom is -0.373 e. The van der Waals surface area contributed by atoms with E-state index in [4.69, 9.17) is 10.5 Å². The number of nitrogens with zero attached hydrogens (tertiary/aromatic N) is 3. The van der Waals surface area contributed by atoms with Crippen LogP contribution in [0.2, 0.25) is 0 Å². The fourth-order valence-corrected chi connectivity index (χ4v) is 2.51. The predicted molar refractivity (Wildman–Crippen MR) is 64.0 cm³/mol. The summed E-state index contributed by atoms with van der Waals surface area (Å²) in [7, 11) is 0. The molecule has 0 spiro atoms. The van der Waals surface area contributed by atoms with E-state index in [0.717, 1.165) is 23.6 Å². The van der Waals surface area contributed by atoms with Crippen LogP contribution in [-0.4, -0.2) is 52.7 Å². The SMILES string of the molecule is CCc1nnsc1C(=O)N1CCOC(CN)C1. The van der Waals surface area contributed by atoms with Crippen molar-refractivity contribution in [3.05, 3.63) is 10.6 Å². The second kappa shape index (κ2) is 5.52. The minimum atomic E-state index is -0.0568. The van der Waals surface area contributed by atoms with Gasteiger partial charge in [0.15, 0.2) is 0 Å². The molecule has 2 rings (SSSR count). The zero-order valence-corrected chi connectivity index (χ0v) is 10.6. The van der Waals surface area contributed by atoms with Crippen molar-refractivity contribution in [2.75, 3.05) is 26.2 Å². The first-order valence-corrected chi connectivity index (χ1v) is 6.45. The van der Waals surface area contributed by atoms with Crippen LogP contribution in [0.5, 0.6) is 0 Å². The largest absolute Gasteiger partial charge is 0.373 e. The number of aromatic nitrogens is 2. The highest BCUT2D eigenvalue weighted by atomic mass is 32.1. The van der Waals surface area contributed by atoms with Crippen molar-refractivity contribution in [1.29, 1.82) is 0 Å². The third-order valence-corrected chi connectivity index (χ3v) is 3.53. The van der Waals surface area contributed by atoms with Crippen molar-refractivity contribution in [2.24, 2.45) is 5.73 Å². The molecule has 1 saturated heterocycles. The molecule has 1 aromatic rings. The predicted octanol–water partition coefficient (Wildman–Crippen LogP) is -0.0998. The quantitative estimate of drug-likeness (QED) is 0.816. The topological polar surface area (TPSA) is 81.3 Å². The summed E-state index contributed by atoms with van der Waals surface area (Å²) in [6.07, 6.45) is 0.668. The highest BCUT2D eigenvalue weighted by molar-refractivity contribution is 7.08. The minimum absolute atomic E-state index is 0.00130. The molecule has 1 aliphatic heterocycles. The molecule has 1 atom stereocenters. The van der Waals surface area contributed by atoms with Gasteiger partial charge in [-0.1, -0.05) is 11.4 Å². The van der Waals surface area contributed by atoms with Crippen molar-refractivity contribution in [3.63, 3.8) is 0 Å². The van der Waals surface area contributed by atoms with Gasteiger partial charge in [0.05, 0.1) is 18.4 Å². The van der Waals surface area contributed by atoms with Crippen LogP contribution in [0.3, 0.4) is 0 Å². The van der Waals surface area contributed by atoms with Crippen LogP contribution in [0.4, 0.5) is 0 Å². The van der Waals surface area contributed by atoms with Crippen molar-refractivity contribution in [2.45, 2.75) is 19.4 Å². The van der Waals surface area contributed by atoms with E-state index in [-0.39, 0.29) is 12.0 Å². The lowest BCUT2D eigenvalue weighted by Gasteiger charge is -2.32. The molecule has 2 N–H and O–H groups in total. The Morgan fingerprint density at radius 3 is 3.24 bits per heavy atom. The molecule has 0 aliphatic carbocycles. The molecule has 94 valence electrons. The number of carbonyl (C=O) groups excluding carboxylic acids is 1. The molecule has 17 heavy (non-hydrogen) atoms. The maximum absolute atomic E-state index is 12.3. The summed E-state index contributed by atoms with van der Waals surface area (Å²) in [6, 6.07) is 0. The molecule has 7 heteroatoms. The monoisotopic (exact) mass is 256 g/mol. The van der Waals surface area contributed by atoms with E-state index in [9.17, 15) is 4.79 Å². The molecule has 1 unspecified atom stereocenters. The number of ether oxygens (including phenoxy) is 1. The first-order chi connectivity index (χ1) is 8.26. The fraction of sp³-hybridized carbons (Fsp3) is 0.700. The van der Waals surface area contributed by atoms with Crippen LogP contribution < -0.4 is 5.73 Å². The van der Waals surface area contributed by atoms with Gasteiger partial charge in [-0.25, -0.2) is 0 Å². The molecule has 1 amide bonds. The summed E-state index contributed by atoms with van der Waals surface area (Å²) in [5.74, 6) is -0.00130. The van der Waals surface area contributed by atoms with E-state index < -0.39 is 0 Å². The van der Waals surface area contributed by atoms with E-state index in [1.807, 2.05) is 6.92 Å². The summed E-state index contributed by atoms with van der Waals surface area (Å²) in [5.41, 5.74) is 6.33. The van der Waals surface area contributed by atoms with Crippen LogP contribution in [0, 0.1) is 0 Å². The standard InChI is InChI=1S/C10H16N4O2S/c1-2-8-9(17-13-12-8)10(15)14-3-4-16-7(5-11)6-14/h7H,2-6,11H2,1H3. The Labute approximate surface area is 104 Å². The lowest BCUT2D eigenvalue weighted by Crippen LogP contribution is -2.48. The maximum atomic E-state index is 12.3. The zero-order valence-electron chi connectivity index (χ0n) is 9.76. The number of nitrogens with two attached hydrogens (primary N) is 1. The van der Waals surface area contributed by atoms with Crippen LogP contribution in [0.1, 0.15) is 22.3 Å². The van der Waals surface area contributed by atoms with Gasteiger partial charge in [-0.15, -0.1) is 5.10 Å². The summed E-state index contributed by atoms with van der Waals surface area (Å²) in [5, 5.41) is 3.95. The molecule has 0 radical (unpaired) electrons. The molecule has 6 nitrogen and oxygen atoms in total. The molecule has 0 aromatic carbocycles. The normalized spacial score (nSPS) is 20.6. The summed E-state index contributed by atoms with van der Waals surface area (Å²) in [6.45, 7) is 4.11. The Hall–Kier alpha value is -1.05.